The number of benzene rings is 1. The lowest BCUT2D eigenvalue weighted by Crippen LogP contribution is -2.34. The van der Waals surface area contributed by atoms with E-state index in [9.17, 15) is 4.79 Å². The Labute approximate surface area is 97.6 Å². The van der Waals surface area contributed by atoms with Crippen LogP contribution in [0.4, 0.5) is 0 Å². The highest BCUT2D eigenvalue weighted by Gasteiger charge is 2.24. The first-order valence-electron chi connectivity index (χ1n) is 5.13. The molecule has 6 nitrogen and oxygen atoms in total. The summed E-state index contributed by atoms with van der Waals surface area (Å²) in [6.07, 6.45) is -0.453. The zero-order chi connectivity index (χ0) is 12.1. The van der Waals surface area contributed by atoms with Gasteiger partial charge in [-0.3, -0.25) is 4.99 Å². The smallest absolute Gasteiger partial charge is 0.357 e. The van der Waals surface area contributed by atoms with Gasteiger partial charge in [0.25, 0.3) is 0 Å². The lowest BCUT2D eigenvalue weighted by atomic mass is 10.1. The molecule has 1 aromatic carbocycles. The zero-order valence-electron chi connectivity index (χ0n) is 8.98. The predicted octanol–water partition coefficient (Wildman–Crippen LogP) is 1.71. The fourth-order valence-corrected chi connectivity index (χ4v) is 1.53. The molecule has 0 amide bonds. The molecule has 1 heterocycles. The van der Waals surface area contributed by atoms with E-state index >= 15 is 0 Å². The summed E-state index contributed by atoms with van der Waals surface area (Å²) in [7, 11) is 0. The molecular formula is C11H10N4O2. The Morgan fingerprint density at radius 3 is 2.88 bits per heavy atom. The molecule has 2 rings (SSSR count). The maximum absolute atomic E-state index is 11.7. The van der Waals surface area contributed by atoms with Gasteiger partial charge >= 0.3 is 5.97 Å². The Kier molecular flexibility index (Phi) is 3.37. The first-order chi connectivity index (χ1) is 8.31. The van der Waals surface area contributed by atoms with Crippen LogP contribution in [0.5, 0.6) is 0 Å². The molecule has 1 aliphatic heterocycles. The van der Waals surface area contributed by atoms with E-state index in [-0.39, 0.29) is 6.54 Å². The van der Waals surface area contributed by atoms with Gasteiger partial charge in [-0.2, -0.15) is 0 Å². The number of hydrogen-bond acceptors (Lipinski definition) is 4. The minimum absolute atomic E-state index is 0.119. The number of ether oxygens (including phenoxy) is 1. The maximum Gasteiger partial charge on any atom is 0.357 e. The Morgan fingerprint density at radius 1 is 1.47 bits per heavy atom. The van der Waals surface area contributed by atoms with Crippen molar-refractivity contribution in [2.75, 3.05) is 13.1 Å². The summed E-state index contributed by atoms with van der Waals surface area (Å²) >= 11 is 0. The van der Waals surface area contributed by atoms with Gasteiger partial charge in [0.2, 0.25) is 0 Å². The van der Waals surface area contributed by atoms with Crippen LogP contribution >= 0.6 is 0 Å². The van der Waals surface area contributed by atoms with Gasteiger partial charge in [0.05, 0.1) is 13.1 Å². The van der Waals surface area contributed by atoms with E-state index in [2.05, 4.69) is 15.0 Å². The summed E-state index contributed by atoms with van der Waals surface area (Å²) < 4.78 is 5.12. The number of hydrogen-bond donors (Lipinski definition) is 0. The molecule has 17 heavy (non-hydrogen) atoms. The first kappa shape index (κ1) is 11.2. The summed E-state index contributed by atoms with van der Waals surface area (Å²) in [6, 6.07) is 9.12. The van der Waals surface area contributed by atoms with Gasteiger partial charge in [-0.05, 0) is 5.53 Å². The SMILES string of the molecule is [N-]=[N+]=NC[C@@H]1CN=C(c2ccccc2)C(=O)O1. The third-order valence-corrected chi connectivity index (χ3v) is 2.32. The van der Waals surface area contributed by atoms with E-state index in [1.807, 2.05) is 18.2 Å². The molecule has 0 bridgehead atoms. The van der Waals surface area contributed by atoms with E-state index in [1.54, 1.807) is 12.1 Å². The number of carbonyl (C=O) groups excluding carboxylic acids is 1. The number of rotatable bonds is 3. The summed E-state index contributed by atoms with van der Waals surface area (Å²) in [6.45, 7) is 0.447. The second kappa shape index (κ2) is 5.14. The molecule has 86 valence electrons. The second-order valence-corrected chi connectivity index (χ2v) is 3.50. The van der Waals surface area contributed by atoms with Crippen molar-refractivity contribution in [1.82, 2.24) is 0 Å². The fraction of sp³-hybridized carbons (Fsp3) is 0.273. The normalized spacial score (nSPS) is 18.9. The Bertz CT molecular complexity index is 491. The molecule has 1 aromatic rings. The number of aliphatic imine (C=N–C) groups is 1. The van der Waals surface area contributed by atoms with Crippen LogP contribution in [0.3, 0.4) is 0 Å². The first-order valence-corrected chi connectivity index (χ1v) is 5.13. The summed E-state index contributed by atoms with van der Waals surface area (Å²) in [5.74, 6) is -0.472. The van der Waals surface area contributed by atoms with Crippen molar-refractivity contribution < 1.29 is 9.53 Å². The van der Waals surface area contributed by atoms with Crippen LogP contribution in [0.2, 0.25) is 0 Å². The van der Waals surface area contributed by atoms with Crippen LogP contribution in [-0.2, 0) is 9.53 Å². The molecule has 6 heteroatoms. The zero-order valence-corrected chi connectivity index (χ0v) is 8.98. The Morgan fingerprint density at radius 2 is 2.24 bits per heavy atom. The molecule has 0 N–H and O–H groups in total. The Balaban J connectivity index is 2.14. The lowest BCUT2D eigenvalue weighted by molar-refractivity contribution is -0.140. The van der Waals surface area contributed by atoms with Crippen LogP contribution in [0.15, 0.2) is 40.4 Å². The van der Waals surface area contributed by atoms with E-state index < -0.39 is 12.1 Å². The maximum atomic E-state index is 11.7. The number of carbonyl (C=O) groups is 1. The standard InChI is InChI=1S/C11H10N4O2/c12-15-14-7-9-6-13-10(11(16)17-9)8-4-2-1-3-5-8/h1-5,9H,6-7H2/t9-/m0/s1. The van der Waals surface area contributed by atoms with Crippen molar-refractivity contribution in [3.8, 4) is 0 Å². The number of nitrogens with zero attached hydrogens (tertiary/aromatic N) is 4. The summed E-state index contributed by atoms with van der Waals surface area (Å²) in [4.78, 5) is 18.5. The third kappa shape index (κ3) is 2.62. The van der Waals surface area contributed by atoms with Gasteiger partial charge in [0.15, 0.2) is 5.71 Å². The van der Waals surface area contributed by atoms with Crippen LogP contribution in [-0.4, -0.2) is 30.9 Å². The number of cyclic esters (lactones) is 1. The van der Waals surface area contributed by atoms with Gasteiger partial charge in [-0.15, -0.1) is 0 Å². The molecule has 0 radical (unpaired) electrons. The second-order valence-electron chi connectivity index (χ2n) is 3.50. The third-order valence-electron chi connectivity index (χ3n) is 2.32. The van der Waals surface area contributed by atoms with Gasteiger partial charge in [-0.1, -0.05) is 35.4 Å². The van der Waals surface area contributed by atoms with Crippen LogP contribution in [0.1, 0.15) is 5.56 Å². The van der Waals surface area contributed by atoms with Crippen LogP contribution in [0.25, 0.3) is 10.4 Å². The summed E-state index contributed by atoms with van der Waals surface area (Å²) in [5.41, 5.74) is 9.23. The van der Waals surface area contributed by atoms with Crippen molar-refractivity contribution >= 4 is 11.7 Å². The minimum Gasteiger partial charge on any atom is -0.456 e. The van der Waals surface area contributed by atoms with E-state index in [1.165, 1.54) is 0 Å². The van der Waals surface area contributed by atoms with Crippen LogP contribution < -0.4 is 0 Å². The lowest BCUT2D eigenvalue weighted by Gasteiger charge is -2.20. The van der Waals surface area contributed by atoms with Gasteiger partial charge in [0, 0.05) is 10.5 Å². The minimum atomic E-state index is -0.472. The molecule has 1 aliphatic rings. The van der Waals surface area contributed by atoms with E-state index in [4.69, 9.17) is 10.3 Å². The molecule has 0 saturated heterocycles. The molecule has 0 aliphatic carbocycles. The van der Waals surface area contributed by atoms with Crippen molar-refractivity contribution in [3.63, 3.8) is 0 Å². The van der Waals surface area contributed by atoms with Crippen molar-refractivity contribution in [2.24, 2.45) is 10.1 Å². The highest BCUT2D eigenvalue weighted by Crippen LogP contribution is 2.10. The average Bonchev–Trinajstić information content (AvgIpc) is 2.37. The molecule has 0 spiro atoms. The van der Waals surface area contributed by atoms with E-state index in [0.717, 1.165) is 5.56 Å². The Hall–Kier alpha value is -2.33. The topological polar surface area (TPSA) is 87.4 Å². The highest BCUT2D eigenvalue weighted by atomic mass is 16.5. The molecule has 0 unspecified atom stereocenters. The molecule has 0 fully saturated rings. The molecule has 0 saturated carbocycles. The largest absolute Gasteiger partial charge is 0.456 e. The quantitative estimate of drug-likeness (QED) is 0.342. The number of azide groups is 1. The van der Waals surface area contributed by atoms with Crippen molar-refractivity contribution in [1.29, 1.82) is 0 Å². The highest BCUT2D eigenvalue weighted by molar-refractivity contribution is 6.43. The monoisotopic (exact) mass is 230 g/mol. The summed E-state index contributed by atoms with van der Waals surface area (Å²) in [5, 5.41) is 3.36. The van der Waals surface area contributed by atoms with Crippen molar-refractivity contribution in [3.05, 3.63) is 46.3 Å². The average molecular weight is 230 g/mol. The number of esters is 1. The van der Waals surface area contributed by atoms with Crippen molar-refractivity contribution in [2.45, 2.75) is 6.10 Å². The molecule has 0 aromatic heterocycles. The molecule has 1 atom stereocenters. The molecular weight excluding hydrogens is 220 g/mol. The fourth-order valence-electron chi connectivity index (χ4n) is 1.53. The van der Waals surface area contributed by atoms with Gasteiger partial charge < -0.3 is 4.74 Å². The van der Waals surface area contributed by atoms with Gasteiger partial charge in [0.1, 0.15) is 6.10 Å². The van der Waals surface area contributed by atoms with Crippen LogP contribution in [0, 0.1) is 0 Å². The predicted molar refractivity (Wildman–Crippen MR) is 61.7 cm³/mol. The van der Waals surface area contributed by atoms with E-state index in [0.29, 0.717) is 12.3 Å². The van der Waals surface area contributed by atoms with Gasteiger partial charge in [-0.25, -0.2) is 4.79 Å².